The summed E-state index contributed by atoms with van der Waals surface area (Å²) in [7, 11) is 0. The Labute approximate surface area is 40.1 Å². The molecular weight excluding hydrogens is 97.1 g/mol. The minimum absolute atomic E-state index is 0.253. The van der Waals surface area contributed by atoms with E-state index >= 15 is 0 Å². The number of nitrogens with zero attached hydrogens (tertiary/aromatic N) is 3. The fraction of sp³-hybridized carbons (Fsp3) is 0.333. The Bertz CT molecular complexity index is 113. The Morgan fingerprint density at radius 2 is 2.57 bits per heavy atom. The number of hydrogen-bond acceptors (Lipinski definition) is 1. The van der Waals surface area contributed by atoms with Crippen molar-refractivity contribution in [1.82, 2.24) is 0 Å². The molecule has 3 nitrogen and oxygen atoms in total. The lowest BCUT2D eigenvalue weighted by Crippen LogP contribution is -1.71. The molecule has 0 atom stereocenters. The van der Waals surface area contributed by atoms with Gasteiger partial charge in [-0.1, -0.05) is 11.7 Å². The first-order chi connectivity index (χ1) is 3.27. The smallest absolute Gasteiger partial charge is 0.0986 e. The topological polar surface area (TPSA) is 48.8 Å². The maximum atomic E-state index is 11.4. The molecule has 0 fully saturated rings. The van der Waals surface area contributed by atoms with E-state index in [1.807, 2.05) is 0 Å². The molecule has 0 aliphatic heterocycles. The van der Waals surface area contributed by atoms with E-state index in [4.69, 9.17) is 5.53 Å². The monoisotopic (exact) mass is 101 g/mol. The Hall–Kier alpha value is -1.02. The third-order valence-corrected chi connectivity index (χ3v) is 0.306. The molecule has 38 valence electrons. The molecule has 0 saturated carbocycles. The molecule has 0 spiro atoms. The first kappa shape index (κ1) is 5.98. The van der Waals surface area contributed by atoms with Crippen LogP contribution in [0.15, 0.2) is 17.5 Å². The Balaban J connectivity index is 3.32. The van der Waals surface area contributed by atoms with E-state index in [-0.39, 0.29) is 6.54 Å². The molecule has 0 aliphatic carbocycles. The van der Waals surface area contributed by atoms with E-state index in [2.05, 4.69) is 16.6 Å². The zero-order valence-electron chi connectivity index (χ0n) is 3.63. The number of azide groups is 1. The van der Waals surface area contributed by atoms with Crippen LogP contribution in [0.1, 0.15) is 0 Å². The summed E-state index contributed by atoms with van der Waals surface area (Å²) in [5.41, 5.74) is 7.57. The maximum absolute atomic E-state index is 11.4. The highest BCUT2D eigenvalue weighted by Crippen LogP contribution is 1.89. The van der Waals surface area contributed by atoms with Crippen LogP contribution in [-0.4, -0.2) is 6.54 Å². The average molecular weight is 101 g/mol. The van der Waals surface area contributed by atoms with Crippen molar-refractivity contribution in [2.75, 3.05) is 6.54 Å². The zero-order valence-corrected chi connectivity index (χ0v) is 3.63. The third-order valence-electron chi connectivity index (χ3n) is 0.306. The van der Waals surface area contributed by atoms with E-state index in [1.165, 1.54) is 0 Å². The number of halogens is 1. The van der Waals surface area contributed by atoms with Gasteiger partial charge in [0.15, 0.2) is 0 Å². The standard InChI is InChI=1S/C3H4FN3/c1-3(4)2-6-7-5/h1-2H2. The van der Waals surface area contributed by atoms with Gasteiger partial charge in [0, 0.05) is 4.91 Å². The minimum atomic E-state index is -0.613. The highest BCUT2D eigenvalue weighted by molar-refractivity contribution is 4.82. The summed E-state index contributed by atoms with van der Waals surface area (Å²) >= 11 is 0. The summed E-state index contributed by atoms with van der Waals surface area (Å²) in [6.45, 7) is 2.61. The van der Waals surface area contributed by atoms with E-state index in [1.54, 1.807) is 0 Å². The largest absolute Gasteiger partial charge is 0.212 e. The van der Waals surface area contributed by atoms with Gasteiger partial charge in [0.2, 0.25) is 0 Å². The van der Waals surface area contributed by atoms with Crippen LogP contribution in [0.4, 0.5) is 4.39 Å². The van der Waals surface area contributed by atoms with Crippen molar-refractivity contribution in [3.05, 3.63) is 22.8 Å². The summed E-state index contributed by atoms with van der Waals surface area (Å²) < 4.78 is 11.4. The second-order valence-electron chi connectivity index (χ2n) is 0.906. The van der Waals surface area contributed by atoms with Gasteiger partial charge in [-0.3, -0.25) is 0 Å². The van der Waals surface area contributed by atoms with Crippen LogP contribution in [0.2, 0.25) is 0 Å². The van der Waals surface area contributed by atoms with Crippen LogP contribution in [0, 0.1) is 0 Å². The molecule has 0 aromatic rings. The van der Waals surface area contributed by atoms with Gasteiger partial charge >= 0.3 is 0 Å². The van der Waals surface area contributed by atoms with Crippen molar-refractivity contribution < 1.29 is 4.39 Å². The average Bonchev–Trinajstić information content (AvgIpc) is 1.61. The van der Waals surface area contributed by atoms with Crippen molar-refractivity contribution in [1.29, 1.82) is 0 Å². The second kappa shape index (κ2) is 3.18. The van der Waals surface area contributed by atoms with Crippen molar-refractivity contribution >= 4 is 0 Å². The molecule has 0 aromatic carbocycles. The van der Waals surface area contributed by atoms with E-state index in [0.717, 1.165) is 0 Å². The molecule has 0 bridgehead atoms. The molecular formula is C3H4FN3. The van der Waals surface area contributed by atoms with Crippen LogP contribution in [0.3, 0.4) is 0 Å². The lowest BCUT2D eigenvalue weighted by Gasteiger charge is -1.76. The van der Waals surface area contributed by atoms with Crippen LogP contribution in [-0.2, 0) is 0 Å². The highest BCUT2D eigenvalue weighted by Gasteiger charge is 1.80. The molecule has 4 heteroatoms. The molecule has 0 N–H and O–H groups in total. The Kier molecular flexibility index (Phi) is 2.72. The van der Waals surface area contributed by atoms with E-state index in [0.29, 0.717) is 0 Å². The molecule has 7 heavy (non-hydrogen) atoms. The lowest BCUT2D eigenvalue weighted by atomic mass is 10.6. The molecule has 0 aromatic heterocycles. The van der Waals surface area contributed by atoms with Gasteiger partial charge in [-0.25, -0.2) is 4.39 Å². The van der Waals surface area contributed by atoms with Gasteiger partial charge in [-0.05, 0) is 5.53 Å². The summed E-state index contributed by atoms with van der Waals surface area (Å²) in [5.74, 6) is -0.613. The quantitative estimate of drug-likeness (QED) is 0.289. The third kappa shape index (κ3) is 4.98. The van der Waals surface area contributed by atoms with Crippen LogP contribution < -0.4 is 0 Å². The first-order valence-electron chi connectivity index (χ1n) is 1.61. The minimum Gasteiger partial charge on any atom is -0.212 e. The lowest BCUT2D eigenvalue weighted by molar-refractivity contribution is 0.622. The fourth-order valence-electron chi connectivity index (χ4n) is 0.108. The summed E-state index contributed by atoms with van der Waals surface area (Å²) in [6.07, 6.45) is 0. The second-order valence-corrected chi connectivity index (χ2v) is 0.906. The Morgan fingerprint density at radius 3 is 2.71 bits per heavy atom. The van der Waals surface area contributed by atoms with E-state index < -0.39 is 5.83 Å². The SMILES string of the molecule is C=C(F)CN=[N+]=[N-]. The fourth-order valence-corrected chi connectivity index (χ4v) is 0.108. The van der Waals surface area contributed by atoms with Crippen molar-refractivity contribution in [3.63, 3.8) is 0 Å². The van der Waals surface area contributed by atoms with Crippen LogP contribution >= 0.6 is 0 Å². The Morgan fingerprint density at radius 1 is 2.00 bits per heavy atom. The zero-order chi connectivity index (χ0) is 5.70. The van der Waals surface area contributed by atoms with Gasteiger partial charge in [0.1, 0.15) is 0 Å². The molecule has 0 rings (SSSR count). The van der Waals surface area contributed by atoms with Crippen molar-refractivity contribution in [2.45, 2.75) is 0 Å². The molecule has 0 aliphatic rings. The van der Waals surface area contributed by atoms with Gasteiger partial charge in [-0.15, -0.1) is 0 Å². The van der Waals surface area contributed by atoms with Crippen LogP contribution in [0.25, 0.3) is 10.4 Å². The first-order valence-corrected chi connectivity index (χ1v) is 1.61. The maximum Gasteiger partial charge on any atom is 0.0986 e. The molecule has 0 unspecified atom stereocenters. The van der Waals surface area contributed by atoms with Gasteiger partial charge in [0.05, 0.1) is 12.4 Å². The van der Waals surface area contributed by atoms with Crippen LogP contribution in [0.5, 0.6) is 0 Å². The van der Waals surface area contributed by atoms with Gasteiger partial charge < -0.3 is 0 Å². The summed E-state index contributed by atoms with van der Waals surface area (Å²) in [4.78, 5) is 2.30. The van der Waals surface area contributed by atoms with Gasteiger partial charge in [0.25, 0.3) is 0 Å². The predicted octanol–water partition coefficient (Wildman–Crippen LogP) is 1.78. The number of hydrogen-bond donors (Lipinski definition) is 0. The molecule has 0 amide bonds. The van der Waals surface area contributed by atoms with Gasteiger partial charge in [-0.2, -0.15) is 0 Å². The highest BCUT2D eigenvalue weighted by atomic mass is 19.1. The van der Waals surface area contributed by atoms with Crippen molar-refractivity contribution in [2.24, 2.45) is 5.11 Å². The number of rotatable bonds is 2. The molecule has 0 heterocycles. The summed E-state index contributed by atoms with van der Waals surface area (Å²) in [6, 6.07) is 0. The molecule has 0 saturated heterocycles. The predicted molar refractivity (Wildman–Crippen MR) is 24.3 cm³/mol. The molecule has 0 radical (unpaired) electrons. The summed E-state index contributed by atoms with van der Waals surface area (Å²) in [5, 5.41) is 2.88. The van der Waals surface area contributed by atoms with Crippen molar-refractivity contribution in [3.8, 4) is 0 Å². The normalized spacial score (nSPS) is 7.00. The van der Waals surface area contributed by atoms with E-state index in [9.17, 15) is 4.39 Å².